The summed E-state index contributed by atoms with van der Waals surface area (Å²) in [4.78, 5) is 34.7. The summed E-state index contributed by atoms with van der Waals surface area (Å²) in [7, 11) is 0. The minimum absolute atomic E-state index is 0.0289. The minimum Gasteiger partial charge on any atom is -0.465 e. The number of halogens is 3. The van der Waals surface area contributed by atoms with E-state index < -0.39 is 34.7 Å². The molecule has 6 rings (SSSR count). The fourth-order valence-corrected chi connectivity index (χ4v) is 5.01. The normalized spacial score (nSPS) is 20.8. The SMILES string of the molecule is CC(=O)c1cc(-c2nccs2)c2oc(N3CC4CC(C3)N4C(=O)O)nc2c1C(F)(F)F. The Morgan fingerprint density at radius 3 is 2.55 bits per heavy atom. The highest BCUT2D eigenvalue weighted by atomic mass is 32.1. The lowest BCUT2D eigenvalue weighted by atomic mass is 9.88. The van der Waals surface area contributed by atoms with E-state index in [0.717, 1.165) is 13.0 Å². The van der Waals surface area contributed by atoms with E-state index in [0.29, 0.717) is 11.4 Å². The number of anilines is 1. The van der Waals surface area contributed by atoms with Crippen LogP contribution in [-0.2, 0) is 6.18 Å². The lowest BCUT2D eigenvalue weighted by molar-refractivity contribution is -0.136. The summed E-state index contributed by atoms with van der Waals surface area (Å²) in [5.74, 6) is -0.743. The monoisotopic (exact) mass is 452 g/mol. The highest BCUT2D eigenvalue weighted by Crippen LogP contribution is 2.44. The van der Waals surface area contributed by atoms with Crippen molar-refractivity contribution in [3.8, 4) is 10.6 Å². The molecule has 31 heavy (non-hydrogen) atoms. The quantitative estimate of drug-likeness (QED) is 0.597. The number of piperidine rings is 1. The average molecular weight is 452 g/mol. The topological polar surface area (TPSA) is 99.8 Å². The average Bonchev–Trinajstić information content (AvgIpc) is 3.35. The first kappa shape index (κ1) is 19.8. The van der Waals surface area contributed by atoms with Crippen LogP contribution < -0.4 is 4.90 Å². The summed E-state index contributed by atoms with van der Waals surface area (Å²) < 4.78 is 47.6. The van der Waals surface area contributed by atoms with Crippen LogP contribution in [0.25, 0.3) is 21.7 Å². The van der Waals surface area contributed by atoms with Gasteiger partial charge in [-0.2, -0.15) is 18.2 Å². The van der Waals surface area contributed by atoms with Crippen molar-refractivity contribution >= 4 is 40.3 Å². The van der Waals surface area contributed by atoms with Gasteiger partial charge in [-0.3, -0.25) is 9.69 Å². The van der Waals surface area contributed by atoms with E-state index in [4.69, 9.17) is 4.42 Å². The lowest BCUT2D eigenvalue weighted by Gasteiger charge is -2.54. The van der Waals surface area contributed by atoms with E-state index in [1.807, 2.05) is 0 Å². The first-order valence-electron chi connectivity index (χ1n) is 9.37. The zero-order valence-corrected chi connectivity index (χ0v) is 16.8. The minimum atomic E-state index is -4.82. The molecule has 2 unspecified atom stereocenters. The molecule has 3 aliphatic rings. The molecule has 0 saturated carbocycles. The lowest BCUT2D eigenvalue weighted by Crippen LogP contribution is -2.70. The summed E-state index contributed by atoms with van der Waals surface area (Å²) in [5, 5.41) is 11.3. The number of ketones is 1. The van der Waals surface area contributed by atoms with Crippen LogP contribution in [0, 0.1) is 0 Å². The fourth-order valence-electron chi connectivity index (χ4n) is 4.36. The van der Waals surface area contributed by atoms with Crippen LogP contribution in [-0.4, -0.2) is 57.0 Å². The number of piperazine rings is 1. The van der Waals surface area contributed by atoms with Crippen molar-refractivity contribution in [2.45, 2.75) is 31.6 Å². The Morgan fingerprint density at radius 2 is 2.00 bits per heavy atom. The number of aromatic nitrogens is 2. The van der Waals surface area contributed by atoms with E-state index in [-0.39, 0.29) is 42.3 Å². The Balaban J connectivity index is 1.67. The van der Waals surface area contributed by atoms with Crippen LogP contribution >= 0.6 is 11.3 Å². The number of carbonyl (C=O) groups excluding carboxylic acids is 1. The van der Waals surface area contributed by atoms with Crippen LogP contribution in [0.15, 0.2) is 22.1 Å². The van der Waals surface area contributed by atoms with Gasteiger partial charge in [-0.15, -0.1) is 11.3 Å². The number of thiazole rings is 1. The van der Waals surface area contributed by atoms with E-state index in [2.05, 4.69) is 9.97 Å². The summed E-state index contributed by atoms with van der Waals surface area (Å²) >= 11 is 1.20. The number of hydrogen-bond acceptors (Lipinski definition) is 7. The molecule has 8 nitrogen and oxygen atoms in total. The van der Waals surface area contributed by atoms with Crippen LogP contribution in [0.4, 0.5) is 24.0 Å². The number of hydrogen-bond donors (Lipinski definition) is 1. The van der Waals surface area contributed by atoms with Gasteiger partial charge in [0.25, 0.3) is 6.01 Å². The number of carboxylic acid groups (broad SMARTS) is 1. The van der Waals surface area contributed by atoms with Gasteiger partial charge in [0.15, 0.2) is 11.4 Å². The molecule has 0 radical (unpaired) electrons. The molecule has 2 atom stereocenters. The van der Waals surface area contributed by atoms with Crippen LogP contribution in [0.3, 0.4) is 0 Å². The maximum atomic E-state index is 13.9. The largest absolute Gasteiger partial charge is 0.465 e. The molecule has 1 aromatic carbocycles. The van der Waals surface area contributed by atoms with Gasteiger partial charge in [0, 0.05) is 30.2 Å². The molecule has 2 bridgehead atoms. The molecule has 2 aromatic heterocycles. The van der Waals surface area contributed by atoms with Gasteiger partial charge in [-0.1, -0.05) is 0 Å². The molecule has 162 valence electrons. The molecule has 1 N–H and O–H groups in total. The van der Waals surface area contributed by atoms with Gasteiger partial charge < -0.3 is 14.4 Å². The Hall–Kier alpha value is -3.15. The number of carbonyl (C=O) groups is 2. The van der Waals surface area contributed by atoms with Gasteiger partial charge >= 0.3 is 12.3 Å². The number of Topliss-reactive ketones (excluding diaryl/α,β-unsaturated/α-hetero) is 1. The Morgan fingerprint density at radius 1 is 1.29 bits per heavy atom. The predicted octanol–water partition coefficient (Wildman–Crippen LogP) is 4.11. The smallest absolute Gasteiger partial charge is 0.419 e. The second-order valence-electron chi connectivity index (χ2n) is 7.55. The van der Waals surface area contributed by atoms with Crippen molar-refractivity contribution in [3.63, 3.8) is 0 Å². The van der Waals surface area contributed by atoms with Gasteiger partial charge in [-0.05, 0) is 19.4 Å². The van der Waals surface area contributed by atoms with Gasteiger partial charge in [-0.25, -0.2) is 9.78 Å². The maximum Gasteiger partial charge on any atom is 0.419 e. The number of oxazole rings is 1. The standard InChI is InChI=1S/C19H15F3N4O4S/c1-8(27)11-5-12(16-23-2-3-31-16)15-14(13(11)19(20,21)22)24-17(30-15)25-6-9-4-10(7-25)26(9)18(28)29/h2-3,5,9-10H,4,6-7H2,1H3,(H,28,29). The number of rotatable bonds is 3. The number of benzene rings is 1. The zero-order valence-electron chi connectivity index (χ0n) is 16.0. The number of nitrogens with zero attached hydrogens (tertiary/aromatic N) is 4. The third-order valence-corrected chi connectivity index (χ3v) is 6.47. The van der Waals surface area contributed by atoms with Crippen molar-refractivity contribution in [3.05, 3.63) is 28.8 Å². The van der Waals surface area contributed by atoms with Crippen molar-refractivity contribution in [1.82, 2.24) is 14.9 Å². The van der Waals surface area contributed by atoms with Crippen molar-refractivity contribution < 1.29 is 32.3 Å². The van der Waals surface area contributed by atoms with E-state index in [1.54, 1.807) is 10.3 Å². The molecule has 12 heteroatoms. The fraction of sp³-hybridized carbons (Fsp3) is 0.368. The second kappa shape index (κ2) is 6.67. The van der Waals surface area contributed by atoms with Crippen LogP contribution in [0.1, 0.15) is 29.3 Å². The number of fused-ring (bicyclic) bond motifs is 3. The predicted molar refractivity (Wildman–Crippen MR) is 104 cm³/mol. The van der Waals surface area contributed by atoms with E-state index in [9.17, 15) is 27.9 Å². The molecule has 3 saturated heterocycles. The summed E-state index contributed by atoms with van der Waals surface area (Å²) in [6.07, 6.45) is -3.64. The second-order valence-corrected chi connectivity index (χ2v) is 8.44. The molecule has 0 spiro atoms. The molecule has 3 aromatic rings. The highest BCUT2D eigenvalue weighted by Gasteiger charge is 2.49. The number of alkyl halides is 3. The summed E-state index contributed by atoms with van der Waals surface area (Å²) in [6.45, 7) is 1.61. The molecular formula is C19H15F3N4O4S. The Labute approximate surface area is 176 Å². The first-order chi connectivity index (χ1) is 14.6. The molecule has 3 fully saturated rings. The van der Waals surface area contributed by atoms with E-state index in [1.165, 1.54) is 22.4 Å². The third-order valence-electron chi connectivity index (χ3n) is 5.67. The van der Waals surface area contributed by atoms with Crippen LogP contribution in [0.2, 0.25) is 0 Å². The summed E-state index contributed by atoms with van der Waals surface area (Å²) in [5.41, 5.74) is -1.93. The number of amides is 1. The third kappa shape index (κ3) is 3.04. The summed E-state index contributed by atoms with van der Waals surface area (Å²) in [6, 6.07) is 0.596. The van der Waals surface area contributed by atoms with Gasteiger partial charge in [0.2, 0.25) is 0 Å². The molecular weight excluding hydrogens is 437 g/mol. The first-order valence-corrected chi connectivity index (χ1v) is 10.2. The van der Waals surface area contributed by atoms with E-state index >= 15 is 0 Å². The molecule has 3 aliphatic heterocycles. The highest BCUT2D eigenvalue weighted by molar-refractivity contribution is 7.13. The van der Waals surface area contributed by atoms with Gasteiger partial charge in [0.05, 0.1) is 23.2 Å². The molecule has 1 amide bonds. The zero-order chi connectivity index (χ0) is 22.1. The van der Waals surface area contributed by atoms with Crippen molar-refractivity contribution in [2.75, 3.05) is 18.0 Å². The van der Waals surface area contributed by atoms with Gasteiger partial charge in [0.1, 0.15) is 10.5 Å². The Kier molecular flexibility index (Phi) is 4.26. The molecule has 0 aliphatic carbocycles. The Bertz CT molecular complexity index is 1200. The van der Waals surface area contributed by atoms with Crippen LogP contribution in [0.5, 0.6) is 0 Å². The maximum absolute atomic E-state index is 13.9. The van der Waals surface area contributed by atoms with Crippen molar-refractivity contribution in [1.29, 1.82) is 0 Å². The van der Waals surface area contributed by atoms with Crippen molar-refractivity contribution in [2.24, 2.45) is 0 Å². The molecule has 5 heterocycles.